The van der Waals surface area contributed by atoms with Crippen molar-refractivity contribution in [2.45, 2.75) is 6.42 Å². The summed E-state index contributed by atoms with van der Waals surface area (Å²) >= 11 is 0. The molecule has 0 heterocycles. The lowest BCUT2D eigenvalue weighted by Crippen LogP contribution is -1.88. The number of halogens is 1. The van der Waals surface area contributed by atoms with Crippen molar-refractivity contribution in [3.8, 4) is 0 Å². The van der Waals surface area contributed by atoms with Gasteiger partial charge < -0.3 is 5.73 Å². The molecule has 0 spiro atoms. The van der Waals surface area contributed by atoms with Crippen molar-refractivity contribution in [1.29, 1.82) is 0 Å². The molecule has 1 aliphatic rings. The highest BCUT2D eigenvalue weighted by atomic mass is 19.1. The molecule has 0 radical (unpaired) electrons. The maximum Gasteiger partial charge on any atom is 0.119 e. The first-order valence-electron chi connectivity index (χ1n) is 2.77. The molecule has 0 aromatic carbocycles. The second-order valence-electron chi connectivity index (χ2n) is 1.87. The standard InChI is InChI=1S/C7H8FN/c8-7-3-1-6(5-9)2-4-7/h1,3-5H,2,9H2/b6-5-. The van der Waals surface area contributed by atoms with Gasteiger partial charge in [-0.25, -0.2) is 4.39 Å². The maximum atomic E-state index is 12.2. The number of hydrogen-bond donors (Lipinski definition) is 1. The second-order valence-corrected chi connectivity index (χ2v) is 1.87. The van der Waals surface area contributed by atoms with E-state index in [1.54, 1.807) is 6.08 Å². The lowest BCUT2D eigenvalue weighted by atomic mass is 10.1. The van der Waals surface area contributed by atoms with Crippen LogP contribution in [0.25, 0.3) is 0 Å². The first-order valence-corrected chi connectivity index (χ1v) is 2.77. The van der Waals surface area contributed by atoms with Crippen LogP contribution in [-0.2, 0) is 0 Å². The van der Waals surface area contributed by atoms with E-state index in [1.165, 1.54) is 18.4 Å². The lowest BCUT2D eigenvalue weighted by Gasteiger charge is -2.00. The maximum absolute atomic E-state index is 12.2. The van der Waals surface area contributed by atoms with Crippen LogP contribution >= 0.6 is 0 Å². The molecule has 0 unspecified atom stereocenters. The lowest BCUT2D eigenvalue weighted by molar-refractivity contribution is 0.659. The van der Waals surface area contributed by atoms with E-state index in [4.69, 9.17) is 5.73 Å². The van der Waals surface area contributed by atoms with Crippen molar-refractivity contribution in [2.75, 3.05) is 0 Å². The first-order chi connectivity index (χ1) is 4.33. The Morgan fingerprint density at radius 1 is 1.56 bits per heavy atom. The van der Waals surface area contributed by atoms with E-state index in [1.807, 2.05) is 0 Å². The average molecular weight is 125 g/mol. The van der Waals surface area contributed by atoms with Gasteiger partial charge in [0.1, 0.15) is 5.83 Å². The van der Waals surface area contributed by atoms with Gasteiger partial charge in [0.05, 0.1) is 0 Å². The summed E-state index contributed by atoms with van der Waals surface area (Å²) in [6.45, 7) is 0. The van der Waals surface area contributed by atoms with Crippen molar-refractivity contribution in [2.24, 2.45) is 5.73 Å². The Labute approximate surface area is 53.4 Å². The molecule has 1 rings (SSSR count). The molecule has 48 valence electrons. The molecule has 2 N–H and O–H groups in total. The van der Waals surface area contributed by atoms with Crippen molar-refractivity contribution < 1.29 is 4.39 Å². The summed E-state index contributed by atoms with van der Waals surface area (Å²) in [5.74, 6) is -0.180. The zero-order valence-electron chi connectivity index (χ0n) is 4.97. The number of rotatable bonds is 0. The molecule has 0 bridgehead atoms. The van der Waals surface area contributed by atoms with Gasteiger partial charge >= 0.3 is 0 Å². The summed E-state index contributed by atoms with van der Waals surface area (Å²) in [7, 11) is 0. The minimum Gasteiger partial charge on any atom is -0.404 e. The Morgan fingerprint density at radius 2 is 2.33 bits per heavy atom. The highest BCUT2D eigenvalue weighted by molar-refractivity contribution is 5.31. The topological polar surface area (TPSA) is 26.0 Å². The van der Waals surface area contributed by atoms with Crippen LogP contribution in [-0.4, -0.2) is 0 Å². The largest absolute Gasteiger partial charge is 0.404 e. The molecule has 1 nitrogen and oxygen atoms in total. The smallest absolute Gasteiger partial charge is 0.119 e. The van der Waals surface area contributed by atoms with Crippen molar-refractivity contribution in [3.63, 3.8) is 0 Å². The number of hydrogen-bond acceptors (Lipinski definition) is 1. The van der Waals surface area contributed by atoms with Crippen LogP contribution in [0.2, 0.25) is 0 Å². The highest BCUT2D eigenvalue weighted by Crippen LogP contribution is 2.14. The molecule has 2 heteroatoms. The van der Waals surface area contributed by atoms with Crippen LogP contribution in [0.3, 0.4) is 0 Å². The fraction of sp³-hybridized carbons (Fsp3) is 0.143. The number of nitrogens with two attached hydrogens (primary N) is 1. The van der Waals surface area contributed by atoms with Gasteiger partial charge in [-0.2, -0.15) is 0 Å². The zero-order chi connectivity index (χ0) is 6.69. The first kappa shape index (κ1) is 6.08. The quantitative estimate of drug-likeness (QED) is 0.523. The Morgan fingerprint density at radius 3 is 2.78 bits per heavy atom. The minimum absolute atomic E-state index is 0.180. The van der Waals surface area contributed by atoms with Crippen LogP contribution in [0.5, 0.6) is 0 Å². The Bertz CT molecular complexity index is 189. The predicted octanol–water partition coefficient (Wildman–Crippen LogP) is 1.64. The van der Waals surface area contributed by atoms with Gasteiger partial charge in [0.15, 0.2) is 0 Å². The third-order valence-corrected chi connectivity index (χ3v) is 1.20. The van der Waals surface area contributed by atoms with E-state index in [0.29, 0.717) is 6.42 Å². The SMILES string of the molecule is N/C=C1/C=CC(F)=CC1. The van der Waals surface area contributed by atoms with E-state index in [9.17, 15) is 4.39 Å². The van der Waals surface area contributed by atoms with Gasteiger partial charge in [-0.3, -0.25) is 0 Å². The molecule has 1 aliphatic carbocycles. The molecule has 0 aromatic heterocycles. The molecule has 9 heavy (non-hydrogen) atoms. The summed E-state index contributed by atoms with van der Waals surface area (Å²) in [5.41, 5.74) is 6.14. The zero-order valence-corrected chi connectivity index (χ0v) is 4.97. The normalized spacial score (nSPS) is 22.3. The third kappa shape index (κ3) is 1.42. The van der Waals surface area contributed by atoms with Gasteiger partial charge in [0.25, 0.3) is 0 Å². The molecule has 0 saturated carbocycles. The van der Waals surface area contributed by atoms with Crippen LogP contribution < -0.4 is 5.73 Å². The van der Waals surface area contributed by atoms with Crippen molar-refractivity contribution >= 4 is 0 Å². The monoisotopic (exact) mass is 125 g/mol. The van der Waals surface area contributed by atoms with Crippen molar-refractivity contribution in [1.82, 2.24) is 0 Å². The summed E-state index contributed by atoms with van der Waals surface area (Å²) in [6, 6.07) is 0. The molecule has 0 aliphatic heterocycles. The third-order valence-electron chi connectivity index (χ3n) is 1.20. The molecular weight excluding hydrogens is 117 g/mol. The van der Waals surface area contributed by atoms with Gasteiger partial charge in [-0.05, 0) is 30.3 Å². The van der Waals surface area contributed by atoms with Crippen LogP contribution in [0, 0.1) is 0 Å². The fourth-order valence-electron chi connectivity index (χ4n) is 0.662. The Balaban J connectivity index is 2.70. The molecule has 0 saturated heterocycles. The molecule has 0 atom stereocenters. The highest BCUT2D eigenvalue weighted by Gasteiger charge is 1.97. The minimum atomic E-state index is -0.180. The fourth-order valence-corrected chi connectivity index (χ4v) is 0.662. The van der Waals surface area contributed by atoms with Gasteiger partial charge in [0.2, 0.25) is 0 Å². The summed E-state index contributed by atoms with van der Waals surface area (Å²) in [5, 5.41) is 0. The van der Waals surface area contributed by atoms with E-state index < -0.39 is 0 Å². The summed E-state index contributed by atoms with van der Waals surface area (Å²) < 4.78 is 12.2. The predicted molar refractivity (Wildman–Crippen MR) is 35.2 cm³/mol. The summed E-state index contributed by atoms with van der Waals surface area (Å²) in [6.07, 6.45) is 6.68. The Hall–Kier alpha value is -1.05. The van der Waals surface area contributed by atoms with Crippen molar-refractivity contribution in [3.05, 3.63) is 35.8 Å². The molecule has 0 amide bonds. The van der Waals surface area contributed by atoms with Gasteiger partial charge in [-0.1, -0.05) is 6.08 Å². The molecule has 0 aromatic rings. The Kier molecular flexibility index (Phi) is 1.68. The van der Waals surface area contributed by atoms with Gasteiger partial charge in [0, 0.05) is 0 Å². The summed E-state index contributed by atoms with van der Waals surface area (Å²) in [4.78, 5) is 0. The molecular formula is C7H8FN. The van der Waals surface area contributed by atoms with Crippen LogP contribution in [0.4, 0.5) is 4.39 Å². The van der Waals surface area contributed by atoms with E-state index in [2.05, 4.69) is 0 Å². The van der Waals surface area contributed by atoms with E-state index in [0.717, 1.165) is 5.57 Å². The van der Waals surface area contributed by atoms with Crippen LogP contribution in [0.1, 0.15) is 6.42 Å². The van der Waals surface area contributed by atoms with Crippen LogP contribution in [0.15, 0.2) is 35.8 Å². The number of allylic oxidation sites excluding steroid dienone is 5. The van der Waals surface area contributed by atoms with Gasteiger partial charge in [-0.15, -0.1) is 0 Å². The van der Waals surface area contributed by atoms with E-state index in [-0.39, 0.29) is 5.83 Å². The van der Waals surface area contributed by atoms with E-state index >= 15 is 0 Å². The molecule has 0 fully saturated rings. The average Bonchev–Trinajstić information content (AvgIpc) is 1.90. The second kappa shape index (κ2) is 2.49.